The summed E-state index contributed by atoms with van der Waals surface area (Å²) in [7, 11) is 2.97. The van der Waals surface area contributed by atoms with Crippen LogP contribution >= 0.6 is 34.8 Å². The molecule has 0 atom stereocenters. The maximum Gasteiger partial charge on any atom is 0.377 e. The summed E-state index contributed by atoms with van der Waals surface area (Å²) in [5.74, 6) is 0.0435. The second-order valence-corrected chi connectivity index (χ2v) is 8.81. The molecule has 0 unspecified atom stereocenters. The Bertz CT molecular complexity index is 1510. The summed E-state index contributed by atoms with van der Waals surface area (Å²) in [5, 5.41) is 7.73. The fourth-order valence-electron chi connectivity index (χ4n) is 3.28. The van der Waals surface area contributed by atoms with E-state index in [1.54, 1.807) is 37.4 Å². The first-order chi connectivity index (χ1) is 17.7. The van der Waals surface area contributed by atoms with E-state index in [-0.39, 0.29) is 32.9 Å². The number of esters is 1. The number of halogens is 3. The molecule has 0 saturated carbocycles. The predicted molar refractivity (Wildman–Crippen MR) is 138 cm³/mol. The number of hydrogen-bond acceptors (Lipinski definition) is 7. The molecule has 0 fully saturated rings. The number of amides is 1. The molecule has 0 radical (unpaired) electrons. The first-order valence-corrected chi connectivity index (χ1v) is 11.7. The van der Waals surface area contributed by atoms with Crippen LogP contribution in [0.5, 0.6) is 5.75 Å². The number of tetrazole rings is 1. The van der Waals surface area contributed by atoms with E-state index >= 15 is 0 Å². The zero-order chi connectivity index (χ0) is 26.7. The summed E-state index contributed by atoms with van der Waals surface area (Å²) in [6.07, 6.45) is 0. The van der Waals surface area contributed by atoms with Crippen molar-refractivity contribution in [1.29, 1.82) is 0 Å². The molecule has 1 amide bonds. The van der Waals surface area contributed by atoms with Crippen LogP contribution in [0.1, 0.15) is 15.9 Å². The Morgan fingerprint density at radius 2 is 1.62 bits per heavy atom. The number of anilines is 1. The van der Waals surface area contributed by atoms with Gasteiger partial charge in [0.25, 0.3) is 0 Å². The minimum Gasteiger partial charge on any atom is -0.497 e. The van der Waals surface area contributed by atoms with Crippen LogP contribution in [0.3, 0.4) is 0 Å². The molecule has 4 aromatic rings. The Morgan fingerprint density at radius 3 is 2.24 bits per heavy atom. The van der Waals surface area contributed by atoms with Crippen LogP contribution in [0.25, 0.3) is 5.69 Å². The molecule has 0 aliphatic rings. The zero-order valence-electron chi connectivity index (χ0n) is 19.4. The van der Waals surface area contributed by atoms with Crippen molar-refractivity contribution in [2.24, 2.45) is 0 Å². The highest BCUT2D eigenvalue weighted by Gasteiger charge is 2.23. The van der Waals surface area contributed by atoms with Gasteiger partial charge in [-0.15, -0.1) is 4.68 Å². The lowest BCUT2D eigenvalue weighted by molar-refractivity contribution is 0.0473. The van der Waals surface area contributed by atoms with Crippen molar-refractivity contribution in [3.05, 3.63) is 97.3 Å². The van der Waals surface area contributed by atoms with Gasteiger partial charge in [-0.25, -0.2) is 14.4 Å². The van der Waals surface area contributed by atoms with E-state index in [0.717, 1.165) is 15.1 Å². The normalized spacial score (nSPS) is 10.7. The molecule has 37 heavy (non-hydrogen) atoms. The lowest BCUT2D eigenvalue weighted by Crippen LogP contribution is -2.39. The van der Waals surface area contributed by atoms with E-state index in [2.05, 4.69) is 10.4 Å². The van der Waals surface area contributed by atoms with Crippen LogP contribution in [-0.2, 0) is 11.3 Å². The van der Waals surface area contributed by atoms with Crippen molar-refractivity contribution >= 4 is 52.5 Å². The number of carbonyl (C=O) groups excluding carboxylic acids is 2. The van der Waals surface area contributed by atoms with Gasteiger partial charge in [-0.05, 0) is 58.5 Å². The molecule has 3 aromatic carbocycles. The molecule has 0 aliphatic heterocycles. The summed E-state index contributed by atoms with van der Waals surface area (Å²) >= 11 is 18.6. The monoisotopic (exact) mass is 561 g/mol. The molecule has 4 rings (SSSR count). The molecule has 0 N–H and O–H groups in total. The quantitative estimate of drug-likeness (QED) is 0.244. The van der Waals surface area contributed by atoms with E-state index in [1.807, 2.05) is 0 Å². The first-order valence-electron chi connectivity index (χ1n) is 10.6. The second kappa shape index (κ2) is 11.0. The highest BCUT2D eigenvalue weighted by molar-refractivity contribution is 6.37. The van der Waals surface area contributed by atoms with Gasteiger partial charge in [0.1, 0.15) is 18.0 Å². The van der Waals surface area contributed by atoms with E-state index in [0.29, 0.717) is 16.1 Å². The lowest BCUT2D eigenvalue weighted by Gasteiger charge is -2.17. The number of carbonyl (C=O) groups is 2. The number of hydrogen-bond donors (Lipinski definition) is 0. The summed E-state index contributed by atoms with van der Waals surface area (Å²) in [4.78, 5) is 39.5. The van der Waals surface area contributed by atoms with Crippen LogP contribution < -0.4 is 15.3 Å². The van der Waals surface area contributed by atoms with Gasteiger partial charge < -0.3 is 9.47 Å². The highest BCUT2D eigenvalue weighted by Crippen LogP contribution is 2.27. The largest absolute Gasteiger partial charge is 0.497 e. The highest BCUT2D eigenvalue weighted by atomic mass is 35.5. The number of aromatic nitrogens is 4. The molecule has 0 saturated heterocycles. The van der Waals surface area contributed by atoms with Crippen molar-refractivity contribution < 1.29 is 19.1 Å². The maximum atomic E-state index is 13.0. The average molecular weight is 563 g/mol. The Labute approximate surface area is 225 Å². The molecule has 13 heteroatoms. The molecule has 190 valence electrons. The number of methoxy groups -OCH3 is 1. The third kappa shape index (κ3) is 5.46. The fourth-order valence-corrected chi connectivity index (χ4v) is 4.09. The topological polar surface area (TPSA) is 109 Å². The summed E-state index contributed by atoms with van der Waals surface area (Å²) in [5.41, 5.74) is 0.383. The number of rotatable bonds is 6. The minimum atomic E-state index is -0.878. The SMILES string of the molecule is COc1ccc(COC(=O)c2ccc(N(C)C(=O)n3nnn(-c4c(Cl)cccc4Cl)c3=O)cc2Cl)cc1. The predicted octanol–water partition coefficient (Wildman–Crippen LogP) is 4.86. The van der Waals surface area contributed by atoms with Crippen LogP contribution in [0.15, 0.2) is 65.5 Å². The molecular weight excluding hydrogens is 545 g/mol. The molecule has 0 spiro atoms. The van der Waals surface area contributed by atoms with Crippen LogP contribution in [0, 0.1) is 0 Å². The van der Waals surface area contributed by atoms with E-state index < -0.39 is 17.7 Å². The van der Waals surface area contributed by atoms with Crippen molar-refractivity contribution in [2.75, 3.05) is 19.1 Å². The number of nitrogens with zero attached hydrogens (tertiary/aromatic N) is 5. The summed E-state index contributed by atoms with van der Waals surface area (Å²) in [6.45, 7) is 0.0350. The number of ether oxygens (including phenoxy) is 2. The van der Waals surface area contributed by atoms with Crippen LogP contribution in [0.4, 0.5) is 10.5 Å². The van der Waals surface area contributed by atoms with E-state index in [1.165, 1.54) is 37.4 Å². The van der Waals surface area contributed by atoms with Crippen molar-refractivity contribution in [1.82, 2.24) is 19.8 Å². The van der Waals surface area contributed by atoms with Crippen molar-refractivity contribution in [3.63, 3.8) is 0 Å². The maximum absolute atomic E-state index is 13.0. The Morgan fingerprint density at radius 1 is 0.946 bits per heavy atom. The fraction of sp³-hybridized carbons (Fsp3) is 0.125. The first kappa shape index (κ1) is 26.2. The van der Waals surface area contributed by atoms with Gasteiger partial charge in [0.15, 0.2) is 0 Å². The molecule has 10 nitrogen and oxygen atoms in total. The molecular formula is C24H18Cl3N5O5. The standard InChI is InChI=1S/C24H18Cl3N5O5/c1-30(23(34)32-24(35)31(28-29-32)21-18(25)4-3-5-19(21)26)15-8-11-17(20(27)12-15)22(33)37-13-14-6-9-16(36-2)10-7-14/h3-12H,13H2,1-2H3. The summed E-state index contributed by atoms with van der Waals surface area (Å²) in [6, 6.07) is 15.2. The van der Waals surface area contributed by atoms with Gasteiger partial charge >= 0.3 is 17.7 Å². The molecule has 1 heterocycles. The van der Waals surface area contributed by atoms with Gasteiger partial charge in [0, 0.05) is 12.7 Å². The second-order valence-electron chi connectivity index (χ2n) is 7.59. The minimum absolute atomic E-state index is 0.0350. The van der Waals surface area contributed by atoms with Gasteiger partial charge in [0.05, 0.1) is 27.7 Å². The van der Waals surface area contributed by atoms with Crippen molar-refractivity contribution in [3.8, 4) is 11.4 Å². The van der Waals surface area contributed by atoms with Crippen LogP contribution in [0.2, 0.25) is 15.1 Å². The average Bonchev–Trinajstić information content (AvgIpc) is 3.27. The number of benzene rings is 3. The van der Waals surface area contributed by atoms with Gasteiger partial charge in [0.2, 0.25) is 0 Å². The molecule has 0 bridgehead atoms. The Balaban J connectivity index is 1.49. The molecule has 1 aromatic heterocycles. The van der Waals surface area contributed by atoms with Gasteiger partial charge in [-0.1, -0.05) is 53.0 Å². The van der Waals surface area contributed by atoms with Crippen molar-refractivity contribution in [2.45, 2.75) is 6.61 Å². The lowest BCUT2D eigenvalue weighted by atomic mass is 10.2. The third-order valence-electron chi connectivity index (χ3n) is 5.29. The van der Waals surface area contributed by atoms with Gasteiger partial charge in [-0.3, -0.25) is 4.90 Å². The molecule has 0 aliphatic carbocycles. The Hall–Kier alpha value is -3.86. The zero-order valence-corrected chi connectivity index (χ0v) is 21.7. The van der Waals surface area contributed by atoms with Gasteiger partial charge in [-0.2, -0.15) is 4.68 Å². The Kier molecular flexibility index (Phi) is 7.82. The summed E-state index contributed by atoms with van der Waals surface area (Å²) < 4.78 is 11.8. The smallest absolute Gasteiger partial charge is 0.377 e. The van der Waals surface area contributed by atoms with Crippen LogP contribution in [-0.4, -0.2) is 45.9 Å². The third-order valence-corrected chi connectivity index (χ3v) is 6.21. The number of para-hydroxylation sites is 1. The van der Waals surface area contributed by atoms with E-state index in [4.69, 9.17) is 44.3 Å². The van der Waals surface area contributed by atoms with E-state index in [9.17, 15) is 14.4 Å².